The molecule has 2 amide bonds. The van der Waals surface area contributed by atoms with Crippen LogP contribution in [0.15, 0.2) is 53.5 Å². The zero-order chi connectivity index (χ0) is 21.3. The summed E-state index contributed by atoms with van der Waals surface area (Å²) < 4.78 is 1.21. The molecule has 1 saturated heterocycles. The lowest BCUT2D eigenvalue weighted by Crippen LogP contribution is -2.54. The van der Waals surface area contributed by atoms with Crippen LogP contribution in [0.1, 0.15) is 15.9 Å². The average Bonchev–Trinajstić information content (AvgIpc) is 2.72. The molecule has 154 valence electrons. The van der Waals surface area contributed by atoms with Crippen LogP contribution in [0.4, 0.5) is 0 Å². The van der Waals surface area contributed by atoms with E-state index in [1.54, 1.807) is 36.4 Å². The summed E-state index contributed by atoms with van der Waals surface area (Å²) in [5, 5.41) is 13.3. The lowest BCUT2D eigenvalue weighted by Gasteiger charge is -2.36. The Kier molecular flexibility index (Phi) is 5.52. The molecule has 30 heavy (non-hydrogen) atoms. The molecular weight excluding hydrogens is 408 g/mol. The highest BCUT2D eigenvalue weighted by molar-refractivity contribution is 6.30. The number of β-amino-alcohol motifs (C(OH)–C–C–N with tert-alkyl or cyclic N) is 1. The number of aliphatic hydroxyl groups is 1. The van der Waals surface area contributed by atoms with Crippen molar-refractivity contribution in [3.8, 4) is 0 Å². The summed E-state index contributed by atoms with van der Waals surface area (Å²) in [4.78, 5) is 43.9. The summed E-state index contributed by atoms with van der Waals surface area (Å²) in [6, 6.07) is 11.9. The number of likely N-dealkylation sites (tertiary alicyclic amines) is 1. The number of aromatic nitrogens is 2. The third kappa shape index (κ3) is 4.05. The van der Waals surface area contributed by atoms with Gasteiger partial charge in [-0.2, -0.15) is 0 Å². The van der Waals surface area contributed by atoms with Gasteiger partial charge < -0.3 is 15.3 Å². The molecule has 0 atom stereocenters. The van der Waals surface area contributed by atoms with Gasteiger partial charge in [0.15, 0.2) is 0 Å². The maximum Gasteiger partial charge on any atom is 0.265 e. The molecule has 0 unspecified atom stereocenters. The molecule has 0 spiro atoms. The summed E-state index contributed by atoms with van der Waals surface area (Å²) in [5.74, 6) is -0.852. The fourth-order valence-electron chi connectivity index (χ4n) is 3.29. The molecule has 0 aliphatic carbocycles. The minimum absolute atomic E-state index is 0.0686. The number of pyridine rings is 2. The van der Waals surface area contributed by atoms with Crippen LogP contribution in [-0.4, -0.2) is 50.6 Å². The number of carbonyl (C=O) groups is 2. The number of hydrogen-bond donors (Lipinski definition) is 2. The highest BCUT2D eigenvalue weighted by Crippen LogP contribution is 2.14. The Morgan fingerprint density at radius 1 is 1.20 bits per heavy atom. The van der Waals surface area contributed by atoms with E-state index >= 15 is 0 Å². The van der Waals surface area contributed by atoms with Crippen molar-refractivity contribution in [3.63, 3.8) is 0 Å². The third-order valence-electron chi connectivity index (χ3n) is 4.97. The SMILES string of the molecule is O=C(NCc1ccc(Cl)cc1)c1cc2cccnc2n(CC(=O)N2CC(O)C2)c1=O. The molecule has 9 heteroatoms. The zero-order valence-electron chi connectivity index (χ0n) is 15.9. The van der Waals surface area contributed by atoms with E-state index in [2.05, 4.69) is 10.3 Å². The van der Waals surface area contributed by atoms with Crippen LogP contribution in [0.25, 0.3) is 11.0 Å². The molecule has 0 saturated carbocycles. The molecule has 1 aromatic carbocycles. The zero-order valence-corrected chi connectivity index (χ0v) is 16.7. The number of benzene rings is 1. The fraction of sp³-hybridized carbons (Fsp3) is 0.238. The first-order valence-electron chi connectivity index (χ1n) is 9.39. The number of rotatable bonds is 5. The Hall–Kier alpha value is -3.23. The van der Waals surface area contributed by atoms with Gasteiger partial charge >= 0.3 is 0 Å². The molecule has 0 bridgehead atoms. The van der Waals surface area contributed by atoms with Gasteiger partial charge in [0.25, 0.3) is 11.5 Å². The Balaban J connectivity index is 1.62. The van der Waals surface area contributed by atoms with Crippen LogP contribution >= 0.6 is 11.6 Å². The number of aliphatic hydroxyl groups excluding tert-OH is 1. The van der Waals surface area contributed by atoms with Gasteiger partial charge in [-0.1, -0.05) is 23.7 Å². The molecule has 2 N–H and O–H groups in total. The van der Waals surface area contributed by atoms with Crippen molar-refractivity contribution >= 4 is 34.4 Å². The van der Waals surface area contributed by atoms with Crippen molar-refractivity contribution in [1.29, 1.82) is 0 Å². The quantitative estimate of drug-likeness (QED) is 0.637. The summed E-state index contributed by atoms with van der Waals surface area (Å²) in [5.41, 5.74) is 0.498. The second-order valence-corrected chi connectivity index (χ2v) is 7.56. The van der Waals surface area contributed by atoms with E-state index in [4.69, 9.17) is 11.6 Å². The molecule has 1 fully saturated rings. The van der Waals surface area contributed by atoms with Crippen LogP contribution in [0.3, 0.4) is 0 Å². The van der Waals surface area contributed by atoms with E-state index in [-0.39, 0.29) is 37.6 Å². The fourth-order valence-corrected chi connectivity index (χ4v) is 3.42. The Morgan fingerprint density at radius 2 is 1.93 bits per heavy atom. The summed E-state index contributed by atoms with van der Waals surface area (Å²) in [7, 11) is 0. The normalized spacial score (nSPS) is 13.9. The van der Waals surface area contributed by atoms with Crippen LogP contribution in [0.5, 0.6) is 0 Å². The van der Waals surface area contributed by atoms with Gasteiger partial charge in [-0.25, -0.2) is 4.98 Å². The van der Waals surface area contributed by atoms with Crippen molar-refractivity contribution < 1.29 is 14.7 Å². The summed E-state index contributed by atoms with van der Waals surface area (Å²) in [6.45, 7) is 0.447. The number of carbonyl (C=O) groups excluding carboxylic acids is 2. The van der Waals surface area contributed by atoms with Crippen molar-refractivity contribution in [2.75, 3.05) is 13.1 Å². The van der Waals surface area contributed by atoms with Crippen LogP contribution in [0.2, 0.25) is 5.02 Å². The smallest absolute Gasteiger partial charge is 0.265 e. The molecule has 1 aliphatic rings. The van der Waals surface area contributed by atoms with E-state index in [0.29, 0.717) is 16.1 Å². The monoisotopic (exact) mass is 426 g/mol. The van der Waals surface area contributed by atoms with Gasteiger partial charge in [-0.3, -0.25) is 19.0 Å². The topological polar surface area (TPSA) is 105 Å². The number of nitrogens with one attached hydrogen (secondary N) is 1. The average molecular weight is 427 g/mol. The maximum absolute atomic E-state index is 13.0. The summed E-state index contributed by atoms with van der Waals surface area (Å²) >= 11 is 5.87. The van der Waals surface area contributed by atoms with E-state index in [1.807, 2.05) is 0 Å². The highest BCUT2D eigenvalue weighted by atomic mass is 35.5. The molecule has 4 rings (SSSR count). The van der Waals surface area contributed by atoms with Crippen molar-refractivity contribution in [2.24, 2.45) is 0 Å². The predicted molar refractivity (Wildman–Crippen MR) is 111 cm³/mol. The maximum atomic E-state index is 13.0. The van der Waals surface area contributed by atoms with Gasteiger partial charge in [-0.05, 0) is 35.9 Å². The first kappa shape index (κ1) is 20.1. The predicted octanol–water partition coefficient (Wildman–Crippen LogP) is 1.18. The molecule has 3 heterocycles. The summed E-state index contributed by atoms with van der Waals surface area (Å²) in [6.07, 6.45) is 0.988. The van der Waals surface area contributed by atoms with Crippen molar-refractivity contribution in [1.82, 2.24) is 19.8 Å². The Labute approximate surface area is 176 Å². The van der Waals surface area contributed by atoms with Gasteiger partial charge in [0.05, 0.1) is 6.10 Å². The van der Waals surface area contributed by atoms with E-state index in [9.17, 15) is 19.5 Å². The van der Waals surface area contributed by atoms with Gasteiger partial charge in [0.1, 0.15) is 17.8 Å². The number of nitrogens with zero attached hydrogens (tertiary/aromatic N) is 3. The highest BCUT2D eigenvalue weighted by Gasteiger charge is 2.29. The molecular formula is C21H19ClN4O4. The van der Waals surface area contributed by atoms with Crippen LogP contribution in [0, 0.1) is 0 Å². The molecule has 2 aromatic heterocycles. The molecule has 8 nitrogen and oxygen atoms in total. The Bertz CT molecular complexity index is 1170. The van der Waals surface area contributed by atoms with Gasteiger partial charge in [0.2, 0.25) is 5.91 Å². The van der Waals surface area contributed by atoms with Gasteiger partial charge in [0, 0.05) is 36.2 Å². The standard InChI is InChI=1S/C21H19ClN4O4/c22-15-5-3-13(4-6-15)9-24-20(29)17-8-14-2-1-7-23-19(14)26(21(17)30)12-18(28)25-10-16(27)11-25/h1-8,16,27H,9-12H2,(H,24,29). The third-order valence-corrected chi connectivity index (χ3v) is 5.22. The number of amides is 2. The molecule has 1 aliphatic heterocycles. The first-order chi connectivity index (χ1) is 14.4. The number of halogens is 1. The van der Waals surface area contributed by atoms with Crippen LogP contribution < -0.4 is 10.9 Å². The second kappa shape index (κ2) is 8.25. The van der Waals surface area contributed by atoms with Crippen molar-refractivity contribution in [3.05, 3.63) is 75.2 Å². The number of fused-ring (bicyclic) bond motifs is 1. The lowest BCUT2D eigenvalue weighted by molar-refractivity contribution is -0.141. The minimum Gasteiger partial charge on any atom is -0.389 e. The van der Waals surface area contributed by atoms with Crippen molar-refractivity contribution in [2.45, 2.75) is 19.2 Å². The molecule has 0 radical (unpaired) electrons. The Morgan fingerprint density at radius 3 is 2.63 bits per heavy atom. The van der Waals surface area contributed by atoms with Crippen LogP contribution in [-0.2, 0) is 17.9 Å². The number of hydrogen-bond acceptors (Lipinski definition) is 5. The largest absolute Gasteiger partial charge is 0.389 e. The molecule has 3 aromatic rings. The van der Waals surface area contributed by atoms with E-state index < -0.39 is 17.6 Å². The first-order valence-corrected chi connectivity index (χ1v) is 9.77. The van der Waals surface area contributed by atoms with E-state index in [0.717, 1.165) is 5.56 Å². The van der Waals surface area contributed by atoms with E-state index in [1.165, 1.54) is 21.7 Å². The lowest BCUT2D eigenvalue weighted by atomic mass is 10.1. The van der Waals surface area contributed by atoms with Gasteiger partial charge in [-0.15, -0.1) is 0 Å². The minimum atomic E-state index is -0.593. The second-order valence-electron chi connectivity index (χ2n) is 7.13.